The van der Waals surface area contributed by atoms with Crippen molar-refractivity contribution < 1.29 is 14.5 Å². The van der Waals surface area contributed by atoms with Crippen LogP contribution >= 0.6 is 23.8 Å². The van der Waals surface area contributed by atoms with E-state index in [-0.39, 0.29) is 18.3 Å². The summed E-state index contributed by atoms with van der Waals surface area (Å²) in [6, 6.07) is 3.70. The fraction of sp³-hybridized carbons (Fsp3) is 0.412. The minimum Gasteiger partial charge on any atom is -0.463 e. The SMILES string of the molecule is CCOC(=O)C1=C(C)N(C2CC2)C(=S)NC1c1cc([N+](=O)[O-])ccc1Cl. The molecule has 0 amide bonds. The highest BCUT2D eigenvalue weighted by atomic mass is 35.5. The molecule has 0 saturated heterocycles. The number of nitro benzene ring substituents is 1. The Morgan fingerprint density at radius 2 is 2.19 bits per heavy atom. The van der Waals surface area contributed by atoms with Crippen LogP contribution in [0.25, 0.3) is 0 Å². The van der Waals surface area contributed by atoms with Crippen LogP contribution < -0.4 is 5.32 Å². The predicted molar refractivity (Wildman–Crippen MR) is 101 cm³/mol. The number of esters is 1. The van der Waals surface area contributed by atoms with Crippen molar-refractivity contribution in [2.24, 2.45) is 0 Å². The lowest BCUT2D eigenvalue weighted by molar-refractivity contribution is -0.384. The predicted octanol–water partition coefficient (Wildman–Crippen LogP) is 3.48. The van der Waals surface area contributed by atoms with Gasteiger partial charge in [-0.05, 0) is 45.0 Å². The first-order chi connectivity index (χ1) is 12.3. The third-order valence-corrected chi connectivity index (χ3v) is 5.09. The first-order valence-electron chi connectivity index (χ1n) is 8.26. The largest absolute Gasteiger partial charge is 0.463 e. The van der Waals surface area contributed by atoms with Gasteiger partial charge in [-0.3, -0.25) is 10.1 Å². The highest BCUT2D eigenvalue weighted by Crippen LogP contribution is 2.40. The van der Waals surface area contributed by atoms with Crippen LogP contribution in [0.1, 0.15) is 38.3 Å². The Kier molecular flexibility index (Phi) is 5.15. The van der Waals surface area contributed by atoms with E-state index < -0.39 is 16.9 Å². The van der Waals surface area contributed by atoms with Gasteiger partial charge in [0.2, 0.25) is 0 Å². The molecule has 138 valence electrons. The monoisotopic (exact) mass is 395 g/mol. The van der Waals surface area contributed by atoms with Crippen LogP contribution in [0.3, 0.4) is 0 Å². The van der Waals surface area contributed by atoms with Crippen molar-refractivity contribution in [3.8, 4) is 0 Å². The lowest BCUT2D eigenvalue weighted by Crippen LogP contribution is -2.48. The molecule has 0 radical (unpaired) electrons. The van der Waals surface area contributed by atoms with Gasteiger partial charge in [0.25, 0.3) is 5.69 Å². The molecule has 0 aromatic heterocycles. The summed E-state index contributed by atoms with van der Waals surface area (Å²) >= 11 is 11.8. The fourth-order valence-electron chi connectivity index (χ4n) is 3.10. The number of hydrogen-bond donors (Lipinski definition) is 1. The topological polar surface area (TPSA) is 84.7 Å². The summed E-state index contributed by atoms with van der Waals surface area (Å²) in [5, 5.41) is 15.1. The minimum atomic E-state index is -0.705. The molecule has 1 heterocycles. The van der Waals surface area contributed by atoms with Crippen molar-refractivity contribution in [3.05, 3.63) is 50.2 Å². The van der Waals surface area contributed by atoms with Crippen molar-refractivity contribution in [1.29, 1.82) is 0 Å². The molecule has 0 spiro atoms. The van der Waals surface area contributed by atoms with Gasteiger partial charge >= 0.3 is 5.97 Å². The Labute approximate surface area is 161 Å². The maximum atomic E-state index is 12.7. The Balaban J connectivity index is 2.12. The molecule has 0 bridgehead atoms. The number of hydrogen-bond acceptors (Lipinski definition) is 5. The number of carbonyl (C=O) groups is 1. The second-order valence-electron chi connectivity index (χ2n) is 6.17. The lowest BCUT2D eigenvalue weighted by atomic mass is 9.94. The van der Waals surface area contributed by atoms with E-state index in [0.29, 0.717) is 27.0 Å². The molecule has 9 heteroatoms. The van der Waals surface area contributed by atoms with E-state index in [1.165, 1.54) is 18.2 Å². The zero-order valence-corrected chi connectivity index (χ0v) is 15.9. The second-order valence-corrected chi connectivity index (χ2v) is 6.96. The van der Waals surface area contributed by atoms with Crippen LogP contribution in [-0.4, -0.2) is 33.6 Å². The summed E-state index contributed by atoms with van der Waals surface area (Å²) in [7, 11) is 0. The number of thiocarbonyl (C=S) groups is 1. The average molecular weight is 396 g/mol. The van der Waals surface area contributed by atoms with Crippen molar-refractivity contribution in [2.75, 3.05) is 6.61 Å². The van der Waals surface area contributed by atoms with Crippen molar-refractivity contribution in [1.82, 2.24) is 10.2 Å². The molecular weight excluding hydrogens is 378 g/mol. The Hall–Kier alpha value is -2.19. The normalized spacial score (nSPS) is 20.0. The van der Waals surface area contributed by atoms with E-state index in [0.717, 1.165) is 12.8 Å². The molecule has 7 nitrogen and oxygen atoms in total. The molecule has 1 unspecified atom stereocenters. The second kappa shape index (κ2) is 7.20. The van der Waals surface area contributed by atoms with Crippen molar-refractivity contribution in [2.45, 2.75) is 38.8 Å². The van der Waals surface area contributed by atoms with Gasteiger partial charge in [0.1, 0.15) is 0 Å². The number of non-ortho nitro benzene ring substituents is 1. The molecule has 1 aliphatic carbocycles. The Morgan fingerprint density at radius 1 is 1.50 bits per heavy atom. The van der Waals surface area contributed by atoms with E-state index in [1.807, 2.05) is 11.8 Å². The fourth-order valence-corrected chi connectivity index (χ4v) is 3.73. The van der Waals surface area contributed by atoms with Gasteiger partial charge in [-0.15, -0.1) is 0 Å². The summed E-state index contributed by atoms with van der Waals surface area (Å²) in [5.74, 6) is -0.488. The lowest BCUT2D eigenvalue weighted by Gasteiger charge is -2.37. The van der Waals surface area contributed by atoms with Crippen LogP contribution in [0.5, 0.6) is 0 Å². The average Bonchev–Trinajstić information content (AvgIpc) is 3.39. The van der Waals surface area contributed by atoms with Crippen LogP contribution in [0.2, 0.25) is 5.02 Å². The van der Waals surface area contributed by atoms with Gasteiger partial charge in [-0.25, -0.2) is 4.79 Å². The van der Waals surface area contributed by atoms with Gasteiger partial charge in [-0.1, -0.05) is 11.6 Å². The molecule has 1 atom stereocenters. The van der Waals surface area contributed by atoms with Crippen LogP contribution in [0.4, 0.5) is 5.69 Å². The van der Waals surface area contributed by atoms with Gasteiger partial charge in [0.15, 0.2) is 5.11 Å². The highest BCUT2D eigenvalue weighted by Gasteiger charge is 2.41. The molecule has 1 aromatic carbocycles. The molecule has 1 aromatic rings. The quantitative estimate of drug-likeness (QED) is 0.353. The first kappa shape index (κ1) is 18.6. The molecule has 26 heavy (non-hydrogen) atoms. The van der Waals surface area contributed by atoms with E-state index in [4.69, 9.17) is 28.6 Å². The Morgan fingerprint density at radius 3 is 2.77 bits per heavy atom. The first-order valence-corrected chi connectivity index (χ1v) is 9.05. The summed E-state index contributed by atoms with van der Waals surface area (Å²) in [5.41, 5.74) is 1.38. The molecule has 1 saturated carbocycles. The number of nitrogens with zero attached hydrogens (tertiary/aromatic N) is 2. The van der Waals surface area contributed by atoms with Crippen LogP contribution in [0.15, 0.2) is 29.5 Å². The Bertz CT molecular complexity index is 822. The maximum absolute atomic E-state index is 12.7. The number of benzene rings is 1. The van der Waals surface area contributed by atoms with E-state index >= 15 is 0 Å². The standard InChI is InChI=1S/C17H18ClN3O4S/c1-3-25-16(22)14-9(2)20(10-4-5-10)17(26)19-15(14)12-8-11(21(23)24)6-7-13(12)18/h6-8,10,15H,3-5H2,1-2H3,(H,19,26). The van der Waals surface area contributed by atoms with E-state index in [2.05, 4.69) is 5.32 Å². The molecular formula is C17H18ClN3O4S. The number of nitrogens with one attached hydrogen (secondary N) is 1. The van der Waals surface area contributed by atoms with E-state index in [1.54, 1.807) is 6.92 Å². The molecule has 1 N–H and O–H groups in total. The summed E-state index contributed by atoms with van der Waals surface area (Å²) in [4.78, 5) is 25.2. The molecule has 1 fully saturated rings. The highest BCUT2D eigenvalue weighted by molar-refractivity contribution is 7.80. The molecule has 3 rings (SSSR count). The number of nitro groups is 1. The number of ether oxygens (including phenoxy) is 1. The minimum absolute atomic E-state index is 0.109. The maximum Gasteiger partial charge on any atom is 0.338 e. The van der Waals surface area contributed by atoms with Gasteiger partial charge < -0.3 is 15.0 Å². The van der Waals surface area contributed by atoms with Crippen LogP contribution in [-0.2, 0) is 9.53 Å². The van der Waals surface area contributed by atoms with Gasteiger partial charge in [-0.2, -0.15) is 0 Å². The third kappa shape index (κ3) is 3.39. The molecule has 2 aliphatic rings. The van der Waals surface area contributed by atoms with Crippen molar-refractivity contribution >= 4 is 40.6 Å². The van der Waals surface area contributed by atoms with Crippen LogP contribution in [0, 0.1) is 10.1 Å². The smallest absolute Gasteiger partial charge is 0.338 e. The van der Waals surface area contributed by atoms with Crippen molar-refractivity contribution in [3.63, 3.8) is 0 Å². The zero-order valence-electron chi connectivity index (χ0n) is 14.3. The molecule has 1 aliphatic heterocycles. The number of carbonyl (C=O) groups excluding carboxylic acids is 1. The summed E-state index contributed by atoms with van der Waals surface area (Å²) in [6.07, 6.45) is 2.00. The van der Waals surface area contributed by atoms with Gasteiger partial charge in [0, 0.05) is 34.5 Å². The number of rotatable bonds is 5. The number of halogens is 1. The van der Waals surface area contributed by atoms with E-state index in [9.17, 15) is 14.9 Å². The summed E-state index contributed by atoms with van der Waals surface area (Å²) < 4.78 is 5.22. The zero-order chi connectivity index (χ0) is 19.0. The summed E-state index contributed by atoms with van der Waals surface area (Å²) in [6.45, 7) is 3.76. The third-order valence-electron chi connectivity index (χ3n) is 4.44. The number of allylic oxidation sites excluding steroid dienone is 1. The van der Waals surface area contributed by atoms with Gasteiger partial charge in [0.05, 0.1) is 23.1 Å².